The number of hydrogen-bond donors (Lipinski definition) is 0. The van der Waals surface area contributed by atoms with E-state index in [1.807, 2.05) is 103 Å². The molecule has 0 aromatic heterocycles. The molecule has 0 bridgehead atoms. The second-order valence-corrected chi connectivity index (χ2v) is 22.1. The normalized spacial score (nSPS) is 16.8. The molecule has 0 fully saturated rings. The van der Waals surface area contributed by atoms with Gasteiger partial charge in [0.05, 0.1) is 20.8 Å². The molecule has 6 aromatic carbocycles. The van der Waals surface area contributed by atoms with Crippen molar-refractivity contribution in [3.05, 3.63) is 148 Å². The zero-order valence-corrected chi connectivity index (χ0v) is 38.6. The summed E-state index contributed by atoms with van der Waals surface area (Å²) in [5.41, 5.74) is 5.63. The minimum atomic E-state index is -0.845. The van der Waals surface area contributed by atoms with Crippen LogP contribution in [0.15, 0.2) is 115 Å². The Bertz CT molecular complexity index is 3210. The largest absolute Gasteiger partial charge is 0.311 e. The van der Waals surface area contributed by atoms with Gasteiger partial charge in [-0.05, 0) is 138 Å². The summed E-state index contributed by atoms with van der Waals surface area (Å²) < 4.78 is 107. The quantitative estimate of drug-likeness (QED) is 0.164. The molecular formula is C57H67BN2. The van der Waals surface area contributed by atoms with Crippen LogP contribution in [0, 0.1) is 6.92 Å². The van der Waals surface area contributed by atoms with E-state index in [0.29, 0.717) is 28.3 Å². The van der Waals surface area contributed by atoms with Gasteiger partial charge in [-0.15, -0.1) is 0 Å². The van der Waals surface area contributed by atoms with Gasteiger partial charge in [-0.2, -0.15) is 0 Å². The van der Waals surface area contributed by atoms with E-state index in [-0.39, 0.29) is 111 Å². The molecule has 0 amide bonds. The number of fused-ring (bicyclic) bond motifs is 4. The first kappa shape index (κ1) is 30.1. The van der Waals surface area contributed by atoms with Gasteiger partial charge in [0, 0.05) is 34.0 Å². The van der Waals surface area contributed by atoms with E-state index in [1.54, 1.807) is 0 Å². The number of rotatable bonds is 3. The van der Waals surface area contributed by atoms with Crippen molar-refractivity contribution in [3.8, 4) is 11.1 Å². The Hall–Kier alpha value is -5.02. The molecule has 2 aliphatic heterocycles. The monoisotopic (exact) mass is 802 g/mol. The zero-order chi connectivity index (χ0) is 53.1. The van der Waals surface area contributed by atoms with Crippen LogP contribution in [0.5, 0.6) is 0 Å². The van der Waals surface area contributed by atoms with E-state index in [0.717, 1.165) is 33.1 Å². The lowest BCUT2D eigenvalue weighted by atomic mass is 9.33. The highest BCUT2D eigenvalue weighted by Gasteiger charge is 2.44. The van der Waals surface area contributed by atoms with Crippen LogP contribution >= 0.6 is 0 Å². The first-order valence-corrected chi connectivity index (χ1v) is 21.3. The minimum Gasteiger partial charge on any atom is -0.311 e. The smallest absolute Gasteiger partial charge is 0.252 e. The van der Waals surface area contributed by atoms with E-state index < -0.39 is 23.0 Å². The molecule has 3 heteroatoms. The van der Waals surface area contributed by atoms with Gasteiger partial charge < -0.3 is 9.80 Å². The van der Waals surface area contributed by atoms with Gasteiger partial charge >= 0.3 is 0 Å². The van der Waals surface area contributed by atoms with Crippen molar-refractivity contribution < 1.29 is 15.1 Å². The van der Waals surface area contributed by atoms with Crippen LogP contribution in [0.2, 0.25) is 0 Å². The van der Waals surface area contributed by atoms with Gasteiger partial charge in [-0.3, -0.25) is 0 Å². The van der Waals surface area contributed by atoms with Crippen LogP contribution in [-0.2, 0) is 27.1 Å². The summed E-state index contributed by atoms with van der Waals surface area (Å²) in [6, 6.07) is 14.1. The van der Waals surface area contributed by atoms with Crippen molar-refractivity contribution in [2.45, 2.75) is 138 Å². The van der Waals surface area contributed by atoms with Crippen LogP contribution in [-0.4, -0.2) is 6.71 Å². The number of benzene rings is 6. The standard InChI is InChI=1S/C57H67BN2/c1-36-31-50-52-51(32-36)60(47-28-23-40(55(8,9)10)33-44(47)37-17-19-38(20-18-37)53(2,3)4)49-30-25-42(57(14,15)16)35-46(49)58(52)45-34-41(56(11,12)13)24-29-48(45)59(50)43-26-21-39(22-27-43)54(5,6)7/h17-35H,1-16H3/i17D,18D,19D,20D,21D,22D,23D,26D,27D,28D,33D. The maximum atomic E-state index is 10.2. The summed E-state index contributed by atoms with van der Waals surface area (Å²) in [6.07, 6.45) is 0. The summed E-state index contributed by atoms with van der Waals surface area (Å²) in [5.74, 6) is 0. The molecule has 0 aliphatic carbocycles. The Morgan fingerprint density at radius 2 is 0.833 bits per heavy atom. The molecule has 0 unspecified atom stereocenters. The van der Waals surface area contributed by atoms with Crippen LogP contribution in [0.3, 0.4) is 0 Å². The Morgan fingerprint density at radius 3 is 1.30 bits per heavy atom. The van der Waals surface area contributed by atoms with Crippen molar-refractivity contribution in [2.75, 3.05) is 9.80 Å². The number of hydrogen-bond acceptors (Lipinski definition) is 2. The molecule has 60 heavy (non-hydrogen) atoms. The minimum absolute atomic E-state index is 0.00776. The second-order valence-electron chi connectivity index (χ2n) is 22.1. The molecule has 6 aromatic rings. The third kappa shape index (κ3) is 7.31. The van der Waals surface area contributed by atoms with Crippen molar-refractivity contribution in [3.63, 3.8) is 0 Å². The molecule has 0 atom stereocenters. The van der Waals surface area contributed by atoms with Crippen molar-refractivity contribution in [2.24, 2.45) is 0 Å². The first-order valence-electron chi connectivity index (χ1n) is 26.8. The maximum Gasteiger partial charge on any atom is 0.252 e. The van der Waals surface area contributed by atoms with Gasteiger partial charge in [0.2, 0.25) is 0 Å². The molecule has 2 aliphatic rings. The van der Waals surface area contributed by atoms with Gasteiger partial charge in [0.15, 0.2) is 0 Å². The summed E-state index contributed by atoms with van der Waals surface area (Å²) in [5, 5.41) is 0. The summed E-state index contributed by atoms with van der Waals surface area (Å²) in [7, 11) is 0. The summed E-state index contributed by atoms with van der Waals surface area (Å²) in [4.78, 5) is 3.74. The highest BCUT2D eigenvalue weighted by molar-refractivity contribution is 7.00. The molecule has 0 spiro atoms. The summed E-state index contributed by atoms with van der Waals surface area (Å²) in [6.45, 7) is 31.1. The number of aryl methyl sites for hydroxylation is 1. The van der Waals surface area contributed by atoms with E-state index in [9.17, 15) is 15.1 Å². The zero-order valence-electron chi connectivity index (χ0n) is 49.6. The van der Waals surface area contributed by atoms with Gasteiger partial charge in [0.1, 0.15) is 0 Å². The second kappa shape index (κ2) is 14.0. The third-order valence-corrected chi connectivity index (χ3v) is 11.9. The van der Waals surface area contributed by atoms with Crippen molar-refractivity contribution in [1.29, 1.82) is 0 Å². The predicted molar refractivity (Wildman–Crippen MR) is 264 cm³/mol. The van der Waals surface area contributed by atoms with Crippen LogP contribution in [0.4, 0.5) is 34.1 Å². The predicted octanol–water partition coefficient (Wildman–Crippen LogP) is 14.2. The molecule has 8 rings (SSSR count). The van der Waals surface area contributed by atoms with Crippen LogP contribution in [0.1, 0.15) is 152 Å². The molecule has 308 valence electrons. The van der Waals surface area contributed by atoms with E-state index in [1.165, 1.54) is 0 Å². The summed E-state index contributed by atoms with van der Waals surface area (Å²) >= 11 is 0. The molecule has 2 heterocycles. The SMILES string of the molecule is [2H]c1c([2H])c(C(C)(C)C)c([2H])c([2H])c1-c1c([2H])c(C(C)(C)C)c([2H])c([2H])c1N1c2ccc(C(C)(C)C)cc2B2c3cc(C(C)(C)C)ccc3N(c3c([2H])c([2H])c(C(C)(C)C)c([2H])c3[2H])c3cc(C)cc1c32. The fraction of sp³-hybridized carbons (Fsp3) is 0.368. The van der Waals surface area contributed by atoms with E-state index in [4.69, 9.17) is 0 Å². The lowest BCUT2D eigenvalue weighted by Gasteiger charge is -2.45. The molecule has 0 saturated carbocycles. The van der Waals surface area contributed by atoms with Crippen LogP contribution in [0.25, 0.3) is 11.1 Å². The van der Waals surface area contributed by atoms with Crippen molar-refractivity contribution >= 4 is 57.2 Å². The molecule has 2 nitrogen and oxygen atoms in total. The molecule has 0 N–H and O–H groups in total. The van der Waals surface area contributed by atoms with E-state index in [2.05, 4.69) is 65.8 Å². The fourth-order valence-corrected chi connectivity index (χ4v) is 8.29. The molecule has 0 saturated heterocycles. The average molecular weight is 802 g/mol. The van der Waals surface area contributed by atoms with E-state index >= 15 is 0 Å². The number of anilines is 6. The maximum absolute atomic E-state index is 10.2. The Balaban J connectivity index is 1.63. The third-order valence-electron chi connectivity index (χ3n) is 11.9. The highest BCUT2D eigenvalue weighted by atomic mass is 15.2. The van der Waals surface area contributed by atoms with Crippen LogP contribution < -0.4 is 26.2 Å². The molecule has 0 radical (unpaired) electrons. The Morgan fingerprint density at radius 1 is 0.417 bits per heavy atom. The Kier molecular flexibility index (Phi) is 7.03. The highest BCUT2D eigenvalue weighted by Crippen LogP contribution is 2.48. The molecular weight excluding hydrogens is 723 g/mol. The van der Waals surface area contributed by atoms with Gasteiger partial charge in [-0.1, -0.05) is 170 Å². The fourth-order valence-electron chi connectivity index (χ4n) is 8.29. The topological polar surface area (TPSA) is 6.48 Å². The first-order chi connectivity index (χ1) is 32.4. The number of nitrogens with zero attached hydrogens (tertiary/aromatic N) is 2. The lowest BCUT2D eigenvalue weighted by Crippen LogP contribution is -2.61. The lowest BCUT2D eigenvalue weighted by molar-refractivity contribution is 0.590. The average Bonchev–Trinajstić information content (AvgIpc) is 3.22. The Labute approximate surface area is 378 Å². The van der Waals surface area contributed by atoms with Gasteiger partial charge in [0.25, 0.3) is 6.71 Å². The van der Waals surface area contributed by atoms with Gasteiger partial charge in [-0.25, -0.2) is 0 Å². The van der Waals surface area contributed by atoms with Crippen molar-refractivity contribution in [1.82, 2.24) is 0 Å².